The number of halogens is 1. The molecule has 0 spiro atoms. The van der Waals surface area contributed by atoms with Gasteiger partial charge in [0.25, 0.3) is 0 Å². The van der Waals surface area contributed by atoms with Crippen molar-refractivity contribution < 1.29 is 9.90 Å². The number of hydrogen-bond donors (Lipinski definition) is 2. The highest BCUT2D eigenvalue weighted by atomic mass is 79.9. The van der Waals surface area contributed by atoms with E-state index in [1.165, 1.54) is 11.3 Å². The molecule has 0 aliphatic rings. The second-order valence-corrected chi connectivity index (χ2v) is 6.12. The Balaban J connectivity index is 1.98. The van der Waals surface area contributed by atoms with Crippen molar-refractivity contribution in [3.05, 3.63) is 44.3 Å². The Morgan fingerprint density at radius 1 is 1.37 bits per heavy atom. The molecule has 0 aliphatic carbocycles. The fourth-order valence-electron chi connectivity index (χ4n) is 1.66. The quantitative estimate of drug-likeness (QED) is 0.818. The minimum absolute atomic E-state index is 0.0868. The number of thiophene rings is 1. The first-order valence-electron chi connectivity index (χ1n) is 5.71. The SMILES string of the molecule is Cc1nc(Br)ccc1NCc1ccc(CC(=O)O)s1. The van der Waals surface area contributed by atoms with Crippen LogP contribution in [0.3, 0.4) is 0 Å². The van der Waals surface area contributed by atoms with Crippen LogP contribution in [0.15, 0.2) is 28.9 Å². The summed E-state index contributed by atoms with van der Waals surface area (Å²) in [4.78, 5) is 16.9. The van der Waals surface area contributed by atoms with Crippen LogP contribution >= 0.6 is 27.3 Å². The van der Waals surface area contributed by atoms with Gasteiger partial charge in [0.2, 0.25) is 0 Å². The van der Waals surface area contributed by atoms with Crippen molar-refractivity contribution in [2.75, 3.05) is 5.32 Å². The summed E-state index contributed by atoms with van der Waals surface area (Å²) >= 11 is 4.84. The molecule has 4 nitrogen and oxygen atoms in total. The molecule has 0 aliphatic heterocycles. The van der Waals surface area contributed by atoms with Crippen LogP contribution in [0, 0.1) is 6.92 Å². The molecular weight excluding hydrogens is 328 g/mol. The van der Waals surface area contributed by atoms with Crippen LogP contribution in [-0.2, 0) is 17.8 Å². The summed E-state index contributed by atoms with van der Waals surface area (Å²) in [5.41, 5.74) is 1.91. The number of carbonyl (C=O) groups is 1. The Kier molecular flexibility index (Phi) is 4.55. The van der Waals surface area contributed by atoms with E-state index in [9.17, 15) is 4.79 Å². The Bertz CT molecular complexity index is 598. The molecule has 0 aromatic carbocycles. The summed E-state index contributed by atoms with van der Waals surface area (Å²) in [7, 11) is 0. The van der Waals surface area contributed by atoms with E-state index in [1.807, 2.05) is 31.2 Å². The molecule has 2 heterocycles. The Morgan fingerprint density at radius 2 is 2.11 bits per heavy atom. The third-order valence-electron chi connectivity index (χ3n) is 2.55. The summed E-state index contributed by atoms with van der Waals surface area (Å²) in [6.45, 7) is 2.62. The van der Waals surface area contributed by atoms with Gasteiger partial charge >= 0.3 is 5.97 Å². The molecule has 19 heavy (non-hydrogen) atoms. The molecule has 100 valence electrons. The van der Waals surface area contributed by atoms with Crippen LogP contribution in [0.1, 0.15) is 15.4 Å². The number of rotatable bonds is 5. The van der Waals surface area contributed by atoms with Crippen molar-refractivity contribution in [1.29, 1.82) is 0 Å². The molecule has 0 atom stereocenters. The highest BCUT2D eigenvalue weighted by Gasteiger charge is 2.05. The topological polar surface area (TPSA) is 62.2 Å². The van der Waals surface area contributed by atoms with E-state index in [4.69, 9.17) is 5.11 Å². The largest absolute Gasteiger partial charge is 0.481 e. The lowest BCUT2D eigenvalue weighted by Gasteiger charge is -2.07. The number of anilines is 1. The van der Waals surface area contributed by atoms with Crippen molar-refractivity contribution in [2.24, 2.45) is 0 Å². The van der Waals surface area contributed by atoms with Gasteiger partial charge in [-0.2, -0.15) is 0 Å². The molecule has 0 fully saturated rings. The molecule has 0 unspecified atom stereocenters. The van der Waals surface area contributed by atoms with Crippen molar-refractivity contribution in [3.8, 4) is 0 Å². The lowest BCUT2D eigenvalue weighted by atomic mass is 10.3. The minimum atomic E-state index is -0.797. The number of nitrogens with zero attached hydrogens (tertiary/aromatic N) is 1. The minimum Gasteiger partial charge on any atom is -0.481 e. The normalized spacial score (nSPS) is 10.4. The molecule has 6 heteroatoms. The lowest BCUT2D eigenvalue weighted by Crippen LogP contribution is -2.00. The van der Waals surface area contributed by atoms with Gasteiger partial charge < -0.3 is 10.4 Å². The third-order valence-corrected chi connectivity index (χ3v) is 4.07. The van der Waals surface area contributed by atoms with Gasteiger partial charge in [0, 0.05) is 16.3 Å². The summed E-state index contributed by atoms with van der Waals surface area (Å²) < 4.78 is 0.815. The Morgan fingerprint density at radius 3 is 2.79 bits per heavy atom. The van der Waals surface area contributed by atoms with Crippen LogP contribution in [0.25, 0.3) is 0 Å². The van der Waals surface area contributed by atoms with Gasteiger partial charge in [-0.3, -0.25) is 4.79 Å². The van der Waals surface area contributed by atoms with E-state index >= 15 is 0 Å². The fourth-order valence-corrected chi connectivity index (χ4v) is 3.01. The zero-order valence-corrected chi connectivity index (χ0v) is 12.7. The first-order chi connectivity index (χ1) is 9.04. The maximum Gasteiger partial charge on any atom is 0.308 e. The van der Waals surface area contributed by atoms with Crippen LogP contribution < -0.4 is 5.32 Å². The maximum absolute atomic E-state index is 10.6. The second-order valence-electron chi connectivity index (χ2n) is 4.06. The number of aryl methyl sites for hydroxylation is 1. The van der Waals surface area contributed by atoms with Gasteiger partial charge in [-0.15, -0.1) is 11.3 Å². The summed E-state index contributed by atoms with van der Waals surface area (Å²) in [5, 5.41) is 12.0. The van der Waals surface area contributed by atoms with Gasteiger partial charge in [-0.05, 0) is 47.1 Å². The Hall–Kier alpha value is -1.40. The van der Waals surface area contributed by atoms with Gasteiger partial charge in [-0.25, -0.2) is 4.98 Å². The van der Waals surface area contributed by atoms with Crippen LogP contribution in [-0.4, -0.2) is 16.1 Å². The fraction of sp³-hybridized carbons (Fsp3) is 0.231. The average Bonchev–Trinajstić information content (AvgIpc) is 2.74. The van der Waals surface area contributed by atoms with Crippen LogP contribution in [0.2, 0.25) is 0 Å². The third kappa shape index (κ3) is 4.04. The molecule has 0 saturated carbocycles. The zero-order chi connectivity index (χ0) is 13.8. The first kappa shape index (κ1) is 14.0. The standard InChI is InChI=1S/C13H13BrN2O2S/c1-8-11(4-5-12(14)16-8)15-7-10-3-2-9(19-10)6-13(17)18/h2-5,15H,6-7H2,1H3,(H,17,18). The summed E-state index contributed by atoms with van der Waals surface area (Å²) in [5.74, 6) is -0.797. The monoisotopic (exact) mass is 340 g/mol. The number of hydrogen-bond acceptors (Lipinski definition) is 4. The van der Waals surface area contributed by atoms with Crippen molar-refractivity contribution in [2.45, 2.75) is 19.9 Å². The molecule has 2 rings (SSSR count). The number of aliphatic carboxylic acids is 1. The Labute approximate surface area is 123 Å². The van der Waals surface area contributed by atoms with Crippen LogP contribution in [0.4, 0.5) is 5.69 Å². The van der Waals surface area contributed by atoms with E-state index in [0.717, 1.165) is 25.7 Å². The molecule has 0 bridgehead atoms. The number of carboxylic acids is 1. The van der Waals surface area contributed by atoms with E-state index in [-0.39, 0.29) is 6.42 Å². The molecule has 2 aromatic rings. The molecule has 2 N–H and O–H groups in total. The highest BCUT2D eigenvalue weighted by Crippen LogP contribution is 2.21. The van der Waals surface area contributed by atoms with Gasteiger partial charge in [-0.1, -0.05) is 0 Å². The summed E-state index contributed by atoms with van der Waals surface area (Å²) in [6.07, 6.45) is 0.0868. The molecule has 2 aromatic heterocycles. The molecule has 0 amide bonds. The van der Waals surface area contributed by atoms with Gasteiger partial charge in [0.1, 0.15) is 4.60 Å². The molecule has 0 radical (unpaired) electrons. The van der Waals surface area contributed by atoms with E-state index in [1.54, 1.807) is 0 Å². The average molecular weight is 341 g/mol. The van der Waals surface area contributed by atoms with E-state index in [2.05, 4.69) is 26.2 Å². The second kappa shape index (κ2) is 6.16. The van der Waals surface area contributed by atoms with E-state index < -0.39 is 5.97 Å². The number of aromatic nitrogens is 1. The predicted molar refractivity (Wildman–Crippen MR) is 79.7 cm³/mol. The number of carboxylic acid groups (broad SMARTS) is 1. The maximum atomic E-state index is 10.6. The van der Waals surface area contributed by atoms with Gasteiger partial charge in [0.15, 0.2) is 0 Å². The number of nitrogens with one attached hydrogen (secondary N) is 1. The number of pyridine rings is 1. The molecule has 0 saturated heterocycles. The zero-order valence-electron chi connectivity index (χ0n) is 10.3. The highest BCUT2D eigenvalue weighted by molar-refractivity contribution is 9.10. The lowest BCUT2D eigenvalue weighted by molar-refractivity contribution is -0.136. The first-order valence-corrected chi connectivity index (χ1v) is 7.32. The molecular formula is C13H13BrN2O2S. The van der Waals surface area contributed by atoms with Crippen molar-refractivity contribution in [1.82, 2.24) is 4.98 Å². The summed E-state index contributed by atoms with van der Waals surface area (Å²) in [6, 6.07) is 7.68. The van der Waals surface area contributed by atoms with E-state index in [0.29, 0.717) is 6.54 Å². The van der Waals surface area contributed by atoms with Crippen molar-refractivity contribution in [3.63, 3.8) is 0 Å². The smallest absolute Gasteiger partial charge is 0.308 e. The van der Waals surface area contributed by atoms with Gasteiger partial charge in [0.05, 0.1) is 17.8 Å². The van der Waals surface area contributed by atoms with Crippen LogP contribution in [0.5, 0.6) is 0 Å². The van der Waals surface area contributed by atoms with Crippen molar-refractivity contribution >= 4 is 38.9 Å². The predicted octanol–water partition coefficient (Wildman–Crippen LogP) is 3.45.